The van der Waals surface area contributed by atoms with Crippen molar-refractivity contribution in [2.24, 2.45) is 0 Å². The number of ether oxygens (including phenoxy) is 1. The SMILES string of the molecule is C#Cc1nccc(OC)c1N. The monoisotopic (exact) mass is 148 g/mol. The van der Waals surface area contributed by atoms with Gasteiger partial charge in [-0.3, -0.25) is 0 Å². The molecular weight excluding hydrogens is 140 g/mol. The van der Waals surface area contributed by atoms with Crippen LogP contribution in [0.25, 0.3) is 0 Å². The molecule has 0 fully saturated rings. The highest BCUT2D eigenvalue weighted by Crippen LogP contribution is 2.21. The molecule has 1 aromatic heterocycles. The molecule has 0 saturated carbocycles. The molecule has 0 atom stereocenters. The summed E-state index contributed by atoms with van der Waals surface area (Å²) in [5.74, 6) is 2.92. The van der Waals surface area contributed by atoms with Crippen LogP contribution in [-0.4, -0.2) is 12.1 Å². The molecule has 0 amide bonds. The van der Waals surface area contributed by atoms with Crippen LogP contribution >= 0.6 is 0 Å². The van der Waals surface area contributed by atoms with Gasteiger partial charge >= 0.3 is 0 Å². The van der Waals surface area contributed by atoms with Gasteiger partial charge in [-0.05, 0) is 5.92 Å². The van der Waals surface area contributed by atoms with Crippen molar-refractivity contribution in [3.8, 4) is 18.1 Å². The Bertz CT molecular complexity index is 301. The van der Waals surface area contributed by atoms with E-state index in [1.54, 1.807) is 12.3 Å². The van der Waals surface area contributed by atoms with Crippen molar-refractivity contribution in [3.05, 3.63) is 18.0 Å². The van der Waals surface area contributed by atoms with E-state index in [9.17, 15) is 0 Å². The highest BCUT2D eigenvalue weighted by molar-refractivity contribution is 5.60. The summed E-state index contributed by atoms with van der Waals surface area (Å²) >= 11 is 0. The van der Waals surface area contributed by atoms with Crippen LogP contribution in [-0.2, 0) is 0 Å². The summed E-state index contributed by atoms with van der Waals surface area (Å²) in [4.78, 5) is 3.86. The molecule has 0 aliphatic carbocycles. The van der Waals surface area contributed by atoms with E-state index in [-0.39, 0.29) is 0 Å². The van der Waals surface area contributed by atoms with Gasteiger partial charge in [-0.1, -0.05) is 0 Å². The van der Waals surface area contributed by atoms with Gasteiger partial charge in [0.2, 0.25) is 0 Å². The highest BCUT2D eigenvalue weighted by atomic mass is 16.5. The zero-order valence-electron chi connectivity index (χ0n) is 6.16. The quantitative estimate of drug-likeness (QED) is 0.595. The van der Waals surface area contributed by atoms with Crippen LogP contribution in [0.1, 0.15) is 5.69 Å². The molecule has 0 aliphatic heterocycles. The smallest absolute Gasteiger partial charge is 0.146 e. The van der Waals surface area contributed by atoms with Crippen LogP contribution in [0.4, 0.5) is 5.69 Å². The average molecular weight is 148 g/mol. The molecule has 0 radical (unpaired) electrons. The van der Waals surface area contributed by atoms with Crippen molar-refractivity contribution < 1.29 is 4.74 Å². The van der Waals surface area contributed by atoms with Gasteiger partial charge in [0.1, 0.15) is 17.1 Å². The predicted octanol–water partition coefficient (Wildman–Crippen LogP) is 0.654. The number of terminal acetylenes is 1. The fourth-order valence-electron chi connectivity index (χ4n) is 0.749. The van der Waals surface area contributed by atoms with E-state index in [0.29, 0.717) is 17.1 Å². The summed E-state index contributed by atoms with van der Waals surface area (Å²) in [6, 6.07) is 1.66. The summed E-state index contributed by atoms with van der Waals surface area (Å²) < 4.78 is 4.93. The van der Waals surface area contributed by atoms with E-state index in [4.69, 9.17) is 16.9 Å². The molecule has 1 heterocycles. The third-order valence-corrected chi connectivity index (χ3v) is 1.31. The molecule has 1 aromatic rings. The number of methoxy groups -OCH3 is 1. The number of nitrogens with zero attached hydrogens (tertiary/aromatic N) is 1. The van der Waals surface area contributed by atoms with E-state index >= 15 is 0 Å². The molecule has 0 saturated heterocycles. The number of anilines is 1. The Morgan fingerprint density at radius 3 is 3.00 bits per heavy atom. The first kappa shape index (κ1) is 7.42. The first-order valence-corrected chi connectivity index (χ1v) is 3.04. The third-order valence-electron chi connectivity index (χ3n) is 1.31. The number of pyridine rings is 1. The van der Waals surface area contributed by atoms with Gasteiger partial charge in [0, 0.05) is 12.3 Å². The molecule has 3 nitrogen and oxygen atoms in total. The van der Waals surface area contributed by atoms with Gasteiger partial charge < -0.3 is 10.5 Å². The lowest BCUT2D eigenvalue weighted by Gasteiger charge is -2.03. The van der Waals surface area contributed by atoms with Crippen molar-refractivity contribution in [2.45, 2.75) is 0 Å². The maximum Gasteiger partial charge on any atom is 0.146 e. The van der Waals surface area contributed by atoms with Gasteiger partial charge in [-0.15, -0.1) is 6.42 Å². The normalized spacial score (nSPS) is 8.73. The number of nitrogens with two attached hydrogens (primary N) is 1. The number of hydrogen-bond acceptors (Lipinski definition) is 3. The Hall–Kier alpha value is -1.69. The second kappa shape index (κ2) is 2.93. The minimum atomic E-state index is 0.414. The number of aromatic nitrogens is 1. The number of rotatable bonds is 1. The van der Waals surface area contributed by atoms with Crippen LogP contribution in [0.15, 0.2) is 12.3 Å². The van der Waals surface area contributed by atoms with E-state index in [1.165, 1.54) is 7.11 Å². The Kier molecular flexibility index (Phi) is 1.98. The summed E-state index contributed by atoms with van der Waals surface area (Å²) in [7, 11) is 1.53. The largest absolute Gasteiger partial charge is 0.494 e. The lowest BCUT2D eigenvalue weighted by molar-refractivity contribution is 0.416. The molecule has 2 N–H and O–H groups in total. The topological polar surface area (TPSA) is 48.1 Å². The van der Waals surface area contributed by atoms with E-state index in [1.807, 2.05) is 0 Å². The zero-order chi connectivity index (χ0) is 8.27. The number of nitrogen functional groups attached to an aromatic ring is 1. The molecule has 3 heteroatoms. The Balaban J connectivity index is 3.23. The molecule has 11 heavy (non-hydrogen) atoms. The molecule has 0 unspecified atom stereocenters. The average Bonchev–Trinajstić information content (AvgIpc) is 2.05. The fraction of sp³-hybridized carbons (Fsp3) is 0.125. The van der Waals surface area contributed by atoms with Gasteiger partial charge in [0.15, 0.2) is 0 Å². The standard InChI is InChI=1S/C8H8N2O/c1-3-6-8(9)7(11-2)4-5-10-6/h1,4-5H,9H2,2H3. The van der Waals surface area contributed by atoms with Crippen molar-refractivity contribution in [1.82, 2.24) is 4.98 Å². The van der Waals surface area contributed by atoms with Crippen LogP contribution in [0.2, 0.25) is 0 Å². The second-order valence-electron chi connectivity index (χ2n) is 1.92. The lowest BCUT2D eigenvalue weighted by atomic mass is 10.3. The van der Waals surface area contributed by atoms with Crippen LogP contribution in [0.3, 0.4) is 0 Å². The minimum absolute atomic E-state index is 0.414. The predicted molar refractivity (Wildman–Crippen MR) is 43.1 cm³/mol. The van der Waals surface area contributed by atoms with Gasteiger partial charge in [0.05, 0.1) is 7.11 Å². The van der Waals surface area contributed by atoms with Gasteiger partial charge in [-0.25, -0.2) is 4.98 Å². The van der Waals surface area contributed by atoms with Crippen molar-refractivity contribution in [1.29, 1.82) is 0 Å². The molecule has 0 aliphatic rings. The summed E-state index contributed by atoms with van der Waals surface area (Å²) in [5.41, 5.74) is 6.41. The van der Waals surface area contributed by atoms with Crippen molar-refractivity contribution in [2.75, 3.05) is 12.8 Å². The molecular formula is C8H8N2O. The van der Waals surface area contributed by atoms with Crippen LogP contribution in [0, 0.1) is 12.3 Å². The Morgan fingerprint density at radius 2 is 2.45 bits per heavy atom. The van der Waals surface area contributed by atoms with E-state index in [2.05, 4.69) is 10.9 Å². The molecule has 0 aromatic carbocycles. The van der Waals surface area contributed by atoms with E-state index < -0.39 is 0 Å². The minimum Gasteiger partial charge on any atom is -0.494 e. The Morgan fingerprint density at radius 1 is 1.73 bits per heavy atom. The molecule has 0 spiro atoms. The number of hydrogen-bond donors (Lipinski definition) is 1. The summed E-state index contributed by atoms with van der Waals surface area (Å²) in [5, 5.41) is 0. The maximum atomic E-state index is 5.57. The molecule has 56 valence electrons. The first-order chi connectivity index (χ1) is 5.29. The molecule has 0 bridgehead atoms. The Labute approximate surface area is 65.2 Å². The van der Waals surface area contributed by atoms with E-state index in [0.717, 1.165) is 0 Å². The lowest BCUT2D eigenvalue weighted by Crippen LogP contribution is -1.97. The first-order valence-electron chi connectivity index (χ1n) is 3.04. The van der Waals surface area contributed by atoms with Crippen LogP contribution < -0.4 is 10.5 Å². The van der Waals surface area contributed by atoms with Crippen molar-refractivity contribution in [3.63, 3.8) is 0 Å². The highest BCUT2D eigenvalue weighted by Gasteiger charge is 2.02. The summed E-state index contributed by atoms with van der Waals surface area (Å²) in [6.45, 7) is 0. The zero-order valence-corrected chi connectivity index (χ0v) is 6.16. The fourth-order valence-corrected chi connectivity index (χ4v) is 0.749. The van der Waals surface area contributed by atoms with Crippen LogP contribution in [0.5, 0.6) is 5.75 Å². The second-order valence-corrected chi connectivity index (χ2v) is 1.92. The van der Waals surface area contributed by atoms with Gasteiger partial charge in [-0.2, -0.15) is 0 Å². The summed E-state index contributed by atoms with van der Waals surface area (Å²) in [6.07, 6.45) is 6.69. The maximum absolute atomic E-state index is 5.57. The van der Waals surface area contributed by atoms with Gasteiger partial charge in [0.25, 0.3) is 0 Å². The molecule has 1 rings (SSSR count). The third kappa shape index (κ3) is 1.24. The van der Waals surface area contributed by atoms with Crippen molar-refractivity contribution >= 4 is 5.69 Å².